The molecule has 19 heavy (non-hydrogen) atoms. The maximum atomic E-state index is 12.4. The Hall–Kier alpha value is -1.26. The van der Waals surface area contributed by atoms with Crippen molar-refractivity contribution in [2.45, 2.75) is 25.4 Å². The highest BCUT2D eigenvalue weighted by Gasteiger charge is 2.33. The topological polar surface area (TPSA) is 41.6 Å². The van der Waals surface area contributed by atoms with Crippen molar-refractivity contribution in [1.82, 2.24) is 10.2 Å². The number of carbonyl (C=O) groups is 1. The highest BCUT2D eigenvalue weighted by molar-refractivity contribution is 5.98. The zero-order chi connectivity index (χ0) is 12.5. The van der Waals surface area contributed by atoms with Gasteiger partial charge in [-0.1, -0.05) is 0 Å². The number of hydrogen-bond donors (Lipinski definition) is 1. The van der Waals surface area contributed by atoms with Gasteiger partial charge in [-0.05, 0) is 49.7 Å². The van der Waals surface area contributed by atoms with Gasteiger partial charge in [0, 0.05) is 18.2 Å². The molecule has 0 bridgehead atoms. The number of benzene rings is 1. The van der Waals surface area contributed by atoms with Crippen molar-refractivity contribution in [1.29, 1.82) is 0 Å². The molecule has 5 heteroatoms. The van der Waals surface area contributed by atoms with Crippen LogP contribution in [-0.4, -0.2) is 37.0 Å². The van der Waals surface area contributed by atoms with Crippen LogP contribution in [0.25, 0.3) is 0 Å². The van der Waals surface area contributed by atoms with Crippen molar-refractivity contribution in [3.63, 3.8) is 0 Å². The summed E-state index contributed by atoms with van der Waals surface area (Å²) < 4.78 is 5.22. The Labute approximate surface area is 119 Å². The van der Waals surface area contributed by atoms with Crippen LogP contribution in [0.4, 0.5) is 0 Å². The molecule has 1 aromatic rings. The van der Waals surface area contributed by atoms with Crippen molar-refractivity contribution in [3.05, 3.63) is 29.3 Å². The molecule has 0 radical (unpaired) electrons. The highest BCUT2D eigenvalue weighted by Crippen LogP contribution is 2.29. The number of methoxy groups -OCH3 is 1. The fourth-order valence-corrected chi connectivity index (χ4v) is 2.86. The predicted octanol–water partition coefficient (Wildman–Crippen LogP) is 1.82. The second-order valence-electron chi connectivity index (χ2n) is 4.94. The van der Waals surface area contributed by atoms with Crippen LogP contribution in [0.3, 0.4) is 0 Å². The van der Waals surface area contributed by atoms with Crippen LogP contribution in [-0.2, 0) is 6.54 Å². The Balaban J connectivity index is 0.00000133. The molecule has 2 aliphatic heterocycles. The summed E-state index contributed by atoms with van der Waals surface area (Å²) in [7, 11) is 1.66. The van der Waals surface area contributed by atoms with E-state index in [0.717, 1.165) is 49.4 Å². The molecule has 0 spiro atoms. The van der Waals surface area contributed by atoms with E-state index in [9.17, 15) is 4.79 Å². The first-order valence-electron chi connectivity index (χ1n) is 6.48. The SMILES string of the molecule is COc1ccc2c(c1)CN(C1CCNCC1)C2=O.Cl. The standard InChI is InChI=1S/C14H18N2O2.ClH/c1-18-12-2-3-13-10(8-12)9-16(14(13)17)11-4-6-15-7-5-11;/h2-3,8,11,15H,4-7,9H2,1H3;1H. The van der Waals surface area contributed by atoms with Crippen LogP contribution in [0.15, 0.2) is 18.2 Å². The molecule has 1 amide bonds. The summed E-state index contributed by atoms with van der Waals surface area (Å²) in [5, 5.41) is 3.33. The first-order chi connectivity index (χ1) is 8.79. The monoisotopic (exact) mass is 282 g/mol. The highest BCUT2D eigenvalue weighted by atomic mass is 35.5. The summed E-state index contributed by atoms with van der Waals surface area (Å²) in [5.74, 6) is 1.01. The van der Waals surface area contributed by atoms with Crippen LogP contribution in [0.2, 0.25) is 0 Å². The third-order valence-electron chi connectivity index (χ3n) is 3.89. The maximum Gasteiger partial charge on any atom is 0.254 e. The molecule has 0 saturated carbocycles. The van der Waals surface area contributed by atoms with E-state index in [4.69, 9.17) is 4.74 Å². The van der Waals surface area contributed by atoms with Gasteiger partial charge in [-0.2, -0.15) is 0 Å². The molecule has 3 rings (SSSR count). The van der Waals surface area contributed by atoms with Crippen LogP contribution in [0, 0.1) is 0 Å². The second kappa shape index (κ2) is 5.80. The van der Waals surface area contributed by atoms with Crippen LogP contribution >= 0.6 is 12.4 Å². The number of piperidine rings is 1. The molecular formula is C14H19ClN2O2. The Morgan fingerprint density at radius 2 is 2.05 bits per heavy atom. The third kappa shape index (κ3) is 2.55. The largest absolute Gasteiger partial charge is 0.497 e. The van der Waals surface area contributed by atoms with E-state index in [1.807, 2.05) is 23.1 Å². The normalized spacial score (nSPS) is 19.0. The number of fused-ring (bicyclic) bond motifs is 1. The number of halogens is 1. The lowest BCUT2D eigenvalue weighted by molar-refractivity contribution is 0.0668. The first-order valence-corrected chi connectivity index (χ1v) is 6.48. The minimum Gasteiger partial charge on any atom is -0.497 e. The lowest BCUT2D eigenvalue weighted by Gasteiger charge is -2.31. The van der Waals surface area contributed by atoms with Crippen molar-refractivity contribution in [3.8, 4) is 5.75 Å². The minimum atomic E-state index is 0. The van der Waals surface area contributed by atoms with E-state index in [2.05, 4.69) is 5.32 Å². The van der Waals surface area contributed by atoms with Gasteiger partial charge < -0.3 is 15.0 Å². The average Bonchev–Trinajstić information content (AvgIpc) is 2.76. The molecule has 0 unspecified atom stereocenters. The quantitative estimate of drug-likeness (QED) is 0.900. The zero-order valence-corrected chi connectivity index (χ0v) is 11.8. The summed E-state index contributed by atoms with van der Waals surface area (Å²) in [4.78, 5) is 14.4. The average molecular weight is 283 g/mol. The summed E-state index contributed by atoms with van der Waals surface area (Å²) in [6.07, 6.45) is 2.10. The van der Waals surface area contributed by atoms with Gasteiger partial charge in [-0.15, -0.1) is 12.4 Å². The Bertz CT molecular complexity index is 473. The van der Waals surface area contributed by atoms with Crippen LogP contribution in [0.1, 0.15) is 28.8 Å². The van der Waals surface area contributed by atoms with E-state index < -0.39 is 0 Å². The molecule has 1 aromatic carbocycles. The Kier molecular flexibility index (Phi) is 4.32. The molecule has 0 aromatic heterocycles. The molecular weight excluding hydrogens is 264 g/mol. The number of ether oxygens (including phenoxy) is 1. The van der Waals surface area contributed by atoms with E-state index in [1.54, 1.807) is 7.11 Å². The molecule has 2 heterocycles. The molecule has 2 aliphatic rings. The Morgan fingerprint density at radius 3 is 2.74 bits per heavy atom. The number of hydrogen-bond acceptors (Lipinski definition) is 3. The third-order valence-corrected chi connectivity index (χ3v) is 3.89. The summed E-state index contributed by atoms with van der Waals surface area (Å²) in [6, 6.07) is 6.12. The molecule has 104 valence electrons. The maximum absolute atomic E-state index is 12.4. The summed E-state index contributed by atoms with van der Waals surface area (Å²) in [5.41, 5.74) is 1.94. The van der Waals surface area contributed by atoms with Gasteiger partial charge in [0.25, 0.3) is 5.91 Å². The first kappa shape index (κ1) is 14.2. The minimum absolute atomic E-state index is 0. The van der Waals surface area contributed by atoms with E-state index in [-0.39, 0.29) is 18.3 Å². The van der Waals surface area contributed by atoms with Crippen molar-refractivity contribution in [2.24, 2.45) is 0 Å². The van der Waals surface area contributed by atoms with Gasteiger partial charge >= 0.3 is 0 Å². The molecule has 1 fully saturated rings. The van der Waals surface area contributed by atoms with E-state index >= 15 is 0 Å². The van der Waals surface area contributed by atoms with Gasteiger partial charge in [-0.25, -0.2) is 0 Å². The van der Waals surface area contributed by atoms with Crippen molar-refractivity contribution >= 4 is 18.3 Å². The number of amides is 1. The van der Waals surface area contributed by atoms with E-state index in [0.29, 0.717) is 6.04 Å². The van der Waals surface area contributed by atoms with Gasteiger partial charge in [0.1, 0.15) is 5.75 Å². The fraction of sp³-hybridized carbons (Fsp3) is 0.500. The second-order valence-corrected chi connectivity index (χ2v) is 4.94. The molecule has 1 N–H and O–H groups in total. The molecule has 0 aliphatic carbocycles. The zero-order valence-electron chi connectivity index (χ0n) is 11.0. The summed E-state index contributed by atoms with van der Waals surface area (Å²) >= 11 is 0. The molecule has 4 nitrogen and oxygen atoms in total. The van der Waals surface area contributed by atoms with Gasteiger partial charge in [-0.3, -0.25) is 4.79 Å². The van der Waals surface area contributed by atoms with Crippen molar-refractivity contribution in [2.75, 3.05) is 20.2 Å². The summed E-state index contributed by atoms with van der Waals surface area (Å²) in [6.45, 7) is 2.75. The predicted molar refractivity (Wildman–Crippen MR) is 76.0 cm³/mol. The van der Waals surface area contributed by atoms with Gasteiger partial charge in [0.15, 0.2) is 0 Å². The fourth-order valence-electron chi connectivity index (χ4n) is 2.86. The number of carbonyl (C=O) groups excluding carboxylic acids is 1. The lowest BCUT2D eigenvalue weighted by Crippen LogP contribution is -2.43. The number of rotatable bonds is 2. The van der Waals surface area contributed by atoms with E-state index in [1.165, 1.54) is 0 Å². The van der Waals surface area contributed by atoms with Gasteiger partial charge in [0.05, 0.1) is 7.11 Å². The number of nitrogens with zero attached hydrogens (tertiary/aromatic N) is 1. The smallest absolute Gasteiger partial charge is 0.254 e. The Morgan fingerprint density at radius 1 is 1.32 bits per heavy atom. The van der Waals surface area contributed by atoms with Crippen LogP contribution in [0.5, 0.6) is 5.75 Å². The van der Waals surface area contributed by atoms with Crippen molar-refractivity contribution < 1.29 is 9.53 Å². The molecule has 1 saturated heterocycles. The molecule has 0 atom stereocenters. The van der Waals surface area contributed by atoms with Crippen LogP contribution < -0.4 is 10.1 Å². The lowest BCUT2D eigenvalue weighted by atomic mass is 10.1. The van der Waals surface area contributed by atoms with Gasteiger partial charge in [0.2, 0.25) is 0 Å². The number of nitrogens with one attached hydrogen (secondary N) is 1.